The lowest BCUT2D eigenvalue weighted by atomic mass is 10.2. The summed E-state index contributed by atoms with van der Waals surface area (Å²) in [5.74, 6) is -0.0869. The van der Waals surface area contributed by atoms with Gasteiger partial charge in [-0.3, -0.25) is 14.3 Å². The van der Waals surface area contributed by atoms with Gasteiger partial charge in [0.05, 0.1) is 18.0 Å². The Morgan fingerprint density at radius 3 is 2.14 bits per heavy atom. The van der Waals surface area contributed by atoms with Gasteiger partial charge < -0.3 is 9.84 Å². The zero-order chi connectivity index (χ0) is 20.7. The van der Waals surface area contributed by atoms with E-state index in [1.165, 1.54) is 17.6 Å². The van der Waals surface area contributed by atoms with Crippen molar-refractivity contribution in [2.75, 3.05) is 16.6 Å². The maximum Gasteiger partial charge on any atom is 0.274 e. The SMILES string of the molecule is CCCS(=O)(=O)N(C[C@H](O)C(=O)NO)c1ccc(Oc2ccc(C)cc2)cc1. The molecule has 2 aromatic carbocycles. The van der Waals surface area contributed by atoms with Crippen LogP contribution in [0.15, 0.2) is 48.5 Å². The number of aliphatic hydroxyl groups excluding tert-OH is 1. The van der Waals surface area contributed by atoms with Gasteiger partial charge in [-0.15, -0.1) is 0 Å². The second-order valence-corrected chi connectivity index (χ2v) is 8.26. The molecule has 152 valence electrons. The summed E-state index contributed by atoms with van der Waals surface area (Å²) in [7, 11) is -3.77. The molecule has 1 amide bonds. The summed E-state index contributed by atoms with van der Waals surface area (Å²) in [6.07, 6.45) is -1.35. The van der Waals surface area contributed by atoms with Crippen molar-refractivity contribution in [3.63, 3.8) is 0 Å². The smallest absolute Gasteiger partial charge is 0.274 e. The molecule has 0 aromatic heterocycles. The number of hydrogen-bond donors (Lipinski definition) is 3. The largest absolute Gasteiger partial charge is 0.457 e. The average molecular weight is 408 g/mol. The summed E-state index contributed by atoms with van der Waals surface area (Å²) < 4.78 is 31.8. The van der Waals surface area contributed by atoms with Crippen LogP contribution in [0.3, 0.4) is 0 Å². The van der Waals surface area contributed by atoms with Crippen molar-refractivity contribution in [2.24, 2.45) is 0 Å². The van der Waals surface area contributed by atoms with Crippen molar-refractivity contribution in [1.82, 2.24) is 5.48 Å². The van der Waals surface area contributed by atoms with Crippen molar-refractivity contribution in [3.05, 3.63) is 54.1 Å². The van der Waals surface area contributed by atoms with Gasteiger partial charge in [0.2, 0.25) is 10.0 Å². The number of benzene rings is 2. The molecule has 0 aliphatic rings. The van der Waals surface area contributed by atoms with E-state index in [0.29, 0.717) is 17.9 Å². The Balaban J connectivity index is 2.24. The van der Waals surface area contributed by atoms with Gasteiger partial charge in [-0.2, -0.15) is 0 Å². The number of aryl methyl sites for hydroxylation is 1. The summed E-state index contributed by atoms with van der Waals surface area (Å²) in [4.78, 5) is 11.4. The lowest BCUT2D eigenvalue weighted by Gasteiger charge is -2.26. The molecule has 8 nitrogen and oxygen atoms in total. The van der Waals surface area contributed by atoms with E-state index in [9.17, 15) is 18.3 Å². The molecule has 0 saturated carbocycles. The number of ether oxygens (including phenoxy) is 1. The summed E-state index contributed by atoms with van der Waals surface area (Å²) in [6, 6.07) is 13.7. The van der Waals surface area contributed by atoms with Crippen molar-refractivity contribution < 1.29 is 28.3 Å². The number of aliphatic hydroxyl groups is 1. The van der Waals surface area contributed by atoms with Crippen LogP contribution in [0.25, 0.3) is 0 Å². The monoisotopic (exact) mass is 408 g/mol. The van der Waals surface area contributed by atoms with E-state index in [1.807, 2.05) is 31.2 Å². The third kappa shape index (κ3) is 5.69. The van der Waals surface area contributed by atoms with Gasteiger partial charge in [-0.25, -0.2) is 13.9 Å². The molecule has 0 aliphatic carbocycles. The highest BCUT2D eigenvalue weighted by atomic mass is 32.2. The molecule has 2 rings (SSSR count). The molecule has 3 N–H and O–H groups in total. The standard InChI is InChI=1S/C19H24N2O6S/c1-3-12-28(25,26)21(13-18(22)19(23)20-24)15-6-10-17(11-7-15)27-16-8-4-14(2)5-9-16/h4-11,18,22,24H,3,12-13H2,1-2H3,(H,20,23)/t18-/m0/s1. The van der Waals surface area contributed by atoms with Crippen molar-refractivity contribution >= 4 is 21.6 Å². The zero-order valence-corrected chi connectivity index (χ0v) is 16.5. The minimum atomic E-state index is -3.77. The fraction of sp³-hybridized carbons (Fsp3) is 0.316. The van der Waals surface area contributed by atoms with E-state index in [1.54, 1.807) is 19.1 Å². The van der Waals surface area contributed by atoms with Gasteiger partial charge in [-0.1, -0.05) is 24.6 Å². The zero-order valence-electron chi connectivity index (χ0n) is 15.7. The first kappa shape index (κ1) is 21.7. The van der Waals surface area contributed by atoms with Gasteiger partial charge in [0.25, 0.3) is 5.91 Å². The molecule has 9 heteroatoms. The molecule has 0 saturated heterocycles. The normalized spacial score (nSPS) is 12.3. The highest BCUT2D eigenvalue weighted by Crippen LogP contribution is 2.26. The lowest BCUT2D eigenvalue weighted by Crippen LogP contribution is -2.45. The molecule has 0 heterocycles. The van der Waals surface area contributed by atoms with Gasteiger partial charge >= 0.3 is 0 Å². The minimum absolute atomic E-state index is 0.151. The van der Waals surface area contributed by atoms with Crippen LogP contribution < -0.4 is 14.5 Å². The summed E-state index contributed by atoms with van der Waals surface area (Å²) >= 11 is 0. The molecular weight excluding hydrogens is 384 g/mol. The van der Waals surface area contributed by atoms with E-state index < -0.39 is 28.6 Å². The molecule has 28 heavy (non-hydrogen) atoms. The topological polar surface area (TPSA) is 116 Å². The van der Waals surface area contributed by atoms with Crippen molar-refractivity contribution in [3.8, 4) is 11.5 Å². The predicted octanol–water partition coefficient (Wildman–Crippen LogP) is 2.20. The number of carbonyl (C=O) groups excluding carboxylic acids is 1. The van der Waals surface area contributed by atoms with E-state index in [4.69, 9.17) is 9.94 Å². The van der Waals surface area contributed by atoms with Crippen molar-refractivity contribution in [1.29, 1.82) is 0 Å². The average Bonchev–Trinajstić information content (AvgIpc) is 2.67. The molecule has 0 radical (unpaired) electrons. The number of rotatable bonds is 9. The Morgan fingerprint density at radius 2 is 1.64 bits per heavy atom. The highest BCUT2D eigenvalue weighted by molar-refractivity contribution is 7.92. The summed E-state index contributed by atoms with van der Waals surface area (Å²) in [5.41, 5.74) is 2.69. The van der Waals surface area contributed by atoms with Crippen LogP contribution in [0.5, 0.6) is 11.5 Å². The molecule has 1 atom stereocenters. The molecular formula is C19H24N2O6S. The Hall–Kier alpha value is -2.62. The molecule has 0 bridgehead atoms. The lowest BCUT2D eigenvalue weighted by molar-refractivity contribution is -0.137. The van der Waals surface area contributed by atoms with Crippen LogP contribution in [0.2, 0.25) is 0 Å². The van der Waals surface area contributed by atoms with E-state index in [0.717, 1.165) is 9.87 Å². The quantitative estimate of drug-likeness (QED) is 0.433. The van der Waals surface area contributed by atoms with Gasteiger partial charge in [0.1, 0.15) is 11.5 Å². The number of sulfonamides is 1. The Morgan fingerprint density at radius 1 is 1.11 bits per heavy atom. The fourth-order valence-electron chi connectivity index (χ4n) is 2.49. The van der Waals surface area contributed by atoms with Crippen LogP contribution in [0, 0.1) is 6.92 Å². The third-order valence-corrected chi connectivity index (χ3v) is 5.89. The number of amides is 1. The first-order valence-corrected chi connectivity index (χ1v) is 10.3. The predicted molar refractivity (Wildman–Crippen MR) is 105 cm³/mol. The number of hydroxylamine groups is 1. The number of anilines is 1. The van der Waals surface area contributed by atoms with Crippen LogP contribution in [-0.2, 0) is 14.8 Å². The maximum atomic E-state index is 12.6. The van der Waals surface area contributed by atoms with Crippen LogP contribution in [0.1, 0.15) is 18.9 Å². The molecule has 0 aliphatic heterocycles. The second kappa shape index (κ2) is 9.54. The second-order valence-electron chi connectivity index (χ2n) is 6.25. The summed E-state index contributed by atoms with van der Waals surface area (Å²) in [5, 5.41) is 18.5. The Kier molecular flexibility index (Phi) is 7.38. The number of carbonyl (C=O) groups is 1. The van der Waals surface area contributed by atoms with E-state index >= 15 is 0 Å². The molecule has 0 fully saturated rings. The first-order valence-electron chi connectivity index (χ1n) is 8.74. The molecule has 0 spiro atoms. The van der Waals surface area contributed by atoms with Gasteiger partial charge in [0, 0.05) is 0 Å². The summed E-state index contributed by atoms with van der Waals surface area (Å²) in [6.45, 7) is 3.16. The minimum Gasteiger partial charge on any atom is -0.457 e. The first-order chi connectivity index (χ1) is 13.3. The van der Waals surface area contributed by atoms with Gasteiger partial charge in [0.15, 0.2) is 6.10 Å². The third-order valence-electron chi connectivity index (χ3n) is 3.93. The number of nitrogens with one attached hydrogen (secondary N) is 1. The highest BCUT2D eigenvalue weighted by Gasteiger charge is 2.27. The molecule has 2 aromatic rings. The van der Waals surface area contributed by atoms with Gasteiger partial charge in [-0.05, 0) is 49.7 Å². The van der Waals surface area contributed by atoms with E-state index in [2.05, 4.69) is 0 Å². The van der Waals surface area contributed by atoms with Crippen LogP contribution >= 0.6 is 0 Å². The number of hydrogen-bond acceptors (Lipinski definition) is 6. The van der Waals surface area contributed by atoms with Crippen LogP contribution in [-0.4, -0.2) is 43.0 Å². The van der Waals surface area contributed by atoms with E-state index in [-0.39, 0.29) is 11.4 Å². The number of nitrogens with zero attached hydrogens (tertiary/aromatic N) is 1. The fourth-order valence-corrected chi connectivity index (χ4v) is 4.03. The molecule has 0 unspecified atom stereocenters. The van der Waals surface area contributed by atoms with Crippen molar-refractivity contribution in [2.45, 2.75) is 26.4 Å². The Bertz CT molecular complexity index is 882. The Labute approximate surface area is 164 Å². The maximum absolute atomic E-state index is 12.6. The van der Waals surface area contributed by atoms with Crippen LogP contribution in [0.4, 0.5) is 5.69 Å².